The van der Waals surface area contributed by atoms with Crippen LogP contribution in [0.2, 0.25) is 0 Å². The zero-order chi connectivity index (χ0) is 12.8. The van der Waals surface area contributed by atoms with Crippen LogP contribution in [0.15, 0.2) is 24.5 Å². The van der Waals surface area contributed by atoms with Gasteiger partial charge in [-0.2, -0.15) is 0 Å². The molecule has 1 aliphatic heterocycles. The first-order valence-corrected chi connectivity index (χ1v) is 6.62. The van der Waals surface area contributed by atoms with Gasteiger partial charge >= 0.3 is 5.97 Å². The molecule has 98 valence electrons. The van der Waals surface area contributed by atoms with Crippen molar-refractivity contribution in [2.75, 3.05) is 19.6 Å². The largest absolute Gasteiger partial charge is 0.481 e. The van der Waals surface area contributed by atoms with Gasteiger partial charge < -0.3 is 10.0 Å². The van der Waals surface area contributed by atoms with E-state index in [1.165, 1.54) is 19.3 Å². The minimum Gasteiger partial charge on any atom is -0.481 e. The minimum absolute atomic E-state index is 0.430. The number of aliphatic carboxylic acids is 1. The zero-order valence-corrected chi connectivity index (χ0v) is 10.6. The van der Waals surface area contributed by atoms with Gasteiger partial charge in [0.2, 0.25) is 0 Å². The van der Waals surface area contributed by atoms with E-state index in [2.05, 4.69) is 9.88 Å². The lowest BCUT2D eigenvalue weighted by Crippen LogP contribution is -2.32. The van der Waals surface area contributed by atoms with Gasteiger partial charge in [-0.3, -0.25) is 9.78 Å². The van der Waals surface area contributed by atoms with Crippen LogP contribution in [-0.4, -0.2) is 40.6 Å². The summed E-state index contributed by atoms with van der Waals surface area (Å²) < 4.78 is 0. The second-order valence-corrected chi connectivity index (χ2v) is 4.87. The van der Waals surface area contributed by atoms with Crippen molar-refractivity contribution in [3.63, 3.8) is 0 Å². The molecule has 1 aromatic rings. The van der Waals surface area contributed by atoms with Gasteiger partial charge in [0, 0.05) is 12.4 Å². The molecule has 0 aromatic carbocycles. The fourth-order valence-corrected chi connectivity index (χ4v) is 2.51. The molecule has 2 heterocycles. The van der Waals surface area contributed by atoms with Gasteiger partial charge in [0.1, 0.15) is 0 Å². The topological polar surface area (TPSA) is 53.4 Å². The van der Waals surface area contributed by atoms with Gasteiger partial charge in [0.25, 0.3) is 0 Å². The third-order valence-electron chi connectivity index (χ3n) is 3.57. The fraction of sp³-hybridized carbons (Fsp3) is 0.571. The lowest BCUT2D eigenvalue weighted by Gasteiger charge is -2.27. The Bertz CT molecular complexity index is 375. The molecule has 18 heavy (non-hydrogen) atoms. The van der Waals surface area contributed by atoms with Gasteiger partial charge in [0.05, 0.1) is 5.92 Å². The van der Waals surface area contributed by atoms with Crippen LogP contribution in [0.25, 0.3) is 0 Å². The summed E-state index contributed by atoms with van der Waals surface area (Å²) in [6, 6.07) is 3.65. The first-order chi connectivity index (χ1) is 8.77. The van der Waals surface area contributed by atoms with Crippen molar-refractivity contribution in [1.82, 2.24) is 9.88 Å². The highest BCUT2D eigenvalue weighted by molar-refractivity contribution is 5.75. The Morgan fingerprint density at radius 1 is 1.39 bits per heavy atom. The van der Waals surface area contributed by atoms with E-state index in [9.17, 15) is 9.90 Å². The van der Waals surface area contributed by atoms with E-state index >= 15 is 0 Å². The number of hydrogen-bond acceptors (Lipinski definition) is 3. The van der Waals surface area contributed by atoms with E-state index in [1.54, 1.807) is 18.5 Å². The molecule has 1 aromatic heterocycles. The van der Waals surface area contributed by atoms with Gasteiger partial charge in [-0.1, -0.05) is 12.5 Å². The van der Waals surface area contributed by atoms with Crippen LogP contribution in [0.3, 0.4) is 0 Å². The van der Waals surface area contributed by atoms with Crippen LogP contribution >= 0.6 is 0 Å². The number of carbonyl (C=O) groups is 1. The quantitative estimate of drug-likeness (QED) is 0.867. The van der Waals surface area contributed by atoms with Gasteiger partial charge in [-0.25, -0.2) is 0 Å². The number of carboxylic acids is 1. The van der Waals surface area contributed by atoms with Crippen molar-refractivity contribution >= 4 is 5.97 Å². The highest BCUT2D eigenvalue weighted by Crippen LogP contribution is 2.20. The molecule has 1 aliphatic rings. The van der Waals surface area contributed by atoms with Crippen LogP contribution in [-0.2, 0) is 4.79 Å². The predicted octanol–water partition coefficient (Wildman–Crippen LogP) is 2.13. The second kappa shape index (κ2) is 6.50. The van der Waals surface area contributed by atoms with E-state index in [0.29, 0.717) is 6.42 Å². The molecule has 1 fully saturated rings. The molecule has 0 amide bonds. The van der Waals surface area contributed by atoms with Gasteiger partial charge in [0.15, 0.2) is 0 Å². The van der Waals surface area contributed by atoms with E-state index < -0.39 is 11.9 Å². The molecule has 1 atom stereocenters. The number of hydrogen-bond donors (Lipinski definition) is 1. The molecule has 1 unspecified atom stereocenters. The normalized spacial score (nSPS) is 18.4. The third kappa shape index (κ3) is 3.53. The van der Waals surface area contributed by atoms with Crippen molar-refractivity contribution in [2.45, 2.75) is 31.6 Å². The summed E-state index contributed by atoms with van der Waals surface area (Å²) in [6.45, 7) is 3.09. The number of pyridine rings is 1. The van der Waals surface area contributed by atoms with Crippen LogP contribution < -0.4 is 0 Å². The Morgan fingerprint density at radius 2 is 2.17 bits per heavy atom. The minimum atomic E-state index is -0.750. The SMILES string of the molecule is O=C(O)C(CCN1CCCCC1)c1cccnc1. The van der Waals surface area contributed by atoms with E-state index in [-0.39, 0.29) is 0 Å². The maximum atomic E-state index is 11.3. The van der Waals surface area contributed by atoms with Crippen molar-refractivity contribution < 1.29 is 9.90 Å². The Kier molecular flexibility index (Phi) is 4.70. The van der Waals surface area contributed by atoms with E-state index in [4.69, 9.17) is 0 Å². The van der Waals surface area contributed by atoms with Gasteiger partial charge in [-0.15, -0.1) is 0 Å². The van der Waals surface area contributed by atoms with Crippen molar-refractivity contribution in [1.29, 1.82) is 0 Å². The third-order valence-corrected chi connectivity index (χ3v) is 3.57. The molecular formula is C14H20N2O2. The van der Waals surface area contributed by atoms with Crippen LogP contribution in [0, 0.1) is 0 Å². The van der Waals surface area contributed by atoms with E-state index in [0.717, 1.165) is 25.2 Å². The Morgan fingerprint density at radius 3 is 2.78 bits per heavy atom. The number of rotatable bonds is 5. The number of piperidine rings is 1. The van der Waals surface area contributed by atoms with Crippen molar-refractivity contribution in [2.24, 2.45) is 0 Å². The summed E-state index contributed by atoms with van der Waals surface area (Å²) in [5.74, 6) is -1.18. The molecular weight excluding hydrogens is 228 g/mol. The maximum Gasteiger partial charge on any atom is 0.311 e. The van der Waals surface area contributed by atoms with Crippen LogP contribution in [0.1, 0.15) is 37.2 Å². The molecule has 4 nitrogen and oxygen atoms in total. The average Bonchev–Trinajstić information content (AvgIpc) is 2.41. The fourth-order valence-electron chi connectivity index (χ4n) is 2.51. The van der Waals surface area contributed by atoms with Gasteiger partial charge in [-0.05, 0) is 50.5 Å². The van der Waals surface area contributed by atoms with Crippen molar-refractivity contribution in [3.8, 4) is 0 Å². The number of nitrogens with zero attached hydrogens (tertiary/aromatic N) is 2. The van der Waals surface area contributed by atoms with E-state index in [1.807, 2.05) is 6.07 Å². The molecule has 1 saturated heterocycles. The first kappa shape index (κ1) is 13.0. The maximum absolute atomic E-state index is 11.3. The molecule has 0 spiro atoms. The standard InChI is InChI=1S/C14H20N2O2/c17-14(18)13(12-5-4-7-15-11-12)6-10-16-8-2-1-3-9-16/h4-5,7,11,13H,1-3,6,8-10H2,(H,17,18). The Labute approximate surface area is 108 Å². The molecule has 0 bridgehead atoms. The highest BCUT2D eigenvalue weighted by Gasteiger charge is 2.21. The Hall–Kier alpha value is -1.42. The van der Waals surface area contributed by atoms with Crippen molar-refractivity contribution in [3.05, 3.63) is 30.1 Å². The van der Waals surface area contributed by atoms with Crippen LogP contribution in [0.4, 0.5) is 0 Å². The molecule has 4 heteroatoms. The molecule has 1 N–H and O–H groups in total. The Balaban J connectivity index is 1.92. The number of carboxylic acid groups (broad SMARTS) is 1. The monoisotopic (exact) mass is 248 g/mol. The second-order valence-electron chi connectivity index (χ2n) is 4.87. The lowest BCUT2D eigenvalue weighted by molar-refractivity contribution is -0.139. The summed E-state index contributed by atoms with van der Waals surface area (Å²) in [7, 11) is 0. The first-order valence-electron chi connectivity index (χ1n) is 6.62. The molecule has 0 saturated carbocycles. The molecule has 0 aliphatic carbocycles. The summed E-state index contributed by atoms with van der Waals surface area (Å²) >= 11 is 0. The summed E-state index contributed by atoms with van der Waals surface area (Å²) in [5.41, 5.74) is 0.807. The summed E-state index contributed by atoms with van der Waals surface area (Å²) in [6.07, 6.45) is 7.79. The lowest BCUT2D eigenvalue weighted by atomic mass is 9.97. The summed E-state index contributed by atoms with van der Waals surface area (Å²) in [4.78, 5) is 17.7. The number of aromatic nitrogens is 1. The molecule has 0 radical (unpaired) electrons. The highest BCUT2D eigenvalue weighted by atomic mass is 16.4. The average molecular weight is 248 g/mol. The smallest absolute Gasteiger partial charge is 0.311 e. The number of likely N-dealkylation sites (tertiary alicyclic amines) is 1. The van der Waals surface area contributed by atoms with Crippen LogP contribution in [0.5, 0.6) is 0 Å². The zero-order valence-electron chi connectivity index (χ0n) is 10.6. The predicted molar refractivity (Wildman–Crippen MR) is 69.5 cm³/mol. The summed E-state index contributed by atoms with van der Waals surface area (Å²) in [5, 5.41) is 9.31. The molecule has 2 rings (SSSR count).